The molecule has 2 aromatic rings. The van der Waals surface area contributed by atoms with Gasteiger partial charge in [-0.2, -0.15) is 4.98 Å². The third kappa shape index (κ3) is 3.71. The van der Waals surface area contributed by atoms with Gasteiger partial charge in [0.1, 0.15) is 5.82 Å². The van der Waals surface area contributed by atoms with Crippen LogP contribution in [-0.4, -0.2) is 48.1 Å². The minimum Gasteiger partial charge on any atom is -0.453 e. The summed E-state index contributed by atoms with van der Waals surface area (Å²) >= 11 is 6.78. The van der Waals surface area contributed by atoms with Gasteiger partial charge in [0, 0.05) is 49.9 Å². The molecule has 0 spiro atoms. The standard InChI is InChI=1S/C19H22ClN5O3/c1-10-5-15(21-2)25-19(23-10)24-13-7-14-18(28-9-27-14)16(17(13)20)11-3-4-22-8-12(26)6-11/h3,5,7,12,22,26H,4,6,8-9H2,1-2H3,(H2,21,23,24,25)/t12-/m0/s1. The molecule has 2 aliphatic rings. The number of aliphatic hydroxyl groups is 1. The van der Waals surface area contributed by atoms with E-state index in [4.69, 9.17) is 21.1 Å². The van der Waals surface area contributed by atoms with Gasteiger partial charge in [0.05, 0.1) is 16.8 Å². The normalized spacial score (nSPS) is 18.4. The van der Waals surface area contributed by atoms with Crippen molar-refractivity contribution >= 4 is 34.6 Å². The molecule has 4 N–H and O–H groups in total. The fourth-order valence-electron chi connectivity index (χ4n) is 3.33. The Bertz CT molecular complexity index is 934. The van der Waals surface area contributed by atoms with Crippen molar-refractivity contribution < 1.29 is 14.6 Å². The van der Waals surface area contributed by atoms with Crippen LogP contribution in [-0.2, 0) is 0 Å². The largest absolute Gasteiger partial charge is 0.453 e. The van der Waals surface area contributed by atoms with Crippen LogP contribution in [0.5, 0.6) is 11.5 Å². The molecule has 9 heteroatoms. The van der Waals surface area contributed by atoms with E-state index in [0.717, 1.165) is 16.8 Å². The summed E-state index contributed by atoms with van der Waals surface area (Å²) < 4.78 is 11.3. The van der Waals surface area contributed by atoms with Crippen LogP contribution in [0.3, 0.4) is 0 Å². The number of aromatic nitrogens is 2. The van der Waals surface area contributed by atoms with Gasteiger partial charge in [0.15, 0.2) is 11.5 Å². The summed E-state index contributed by atoms with van der Waals surface area (Å²) in [6, 6.07) is 3.63. The zero-order valence-electron chi connectivity index (χ0n) is 15.7. The lowest BCUT2D eigenvalue weighted by Gasteiger charge is -2.17. The lowest BCUT2D eigenvalue weighted by Crippen LogP contribution is -2.24. The van der Waals surface area contributed by atoms with Crippen LogP contribution in [0.4, 0.5) is 17.5 Å². The molecule has 2 aliphatic heterocycles. The smallest absolute Gasteiger partial charge is 0.231 e. The van der Waals surface area contributed by atoms with Crippen molar-refractivity contribution in [1.82, 2.24) is 15.3 Å². The molecule has 1 aromatic carbocycles. The Kier molecular flexibility index (Phi) is 5.25. The first-order valence-corrected chi connectivity index (χ1v) is 9.43. The zero-order chi connectivity index (χ0) is 19.7. The second kappa shape index (κ2) is 7.83. The second-order valence-corrected chi connectivity index (χ2v) is 7.06. The van der Waals surface area contributed by atoms with Gasteiger partial charge in [-0.1, -0.05) is 17.7 Å². The summed E-state index contributed by atoms with van der Waals surface area (Å²) in [5.41, 5.74) is 3.07. The van der Waals surface area contributed by atoms with E-state index >= 15 is 0 Å². The maximum absolute atomic E-state index is 10.2. The van der Waals surface area contributed by atoms with Crippen molar-refractivity contribution in [3.05, 3.63) is 34.5 Å². The molecule has 0 saturated carbocycles. The Hall–Kier alpha value is -2.55. The predicted octanol–water partition coefficient (Wildman–Crippen LogP) is 2.69. The number of rotatable bonds is 4. The highest BCUT2D eigenvalue weighted by Crippen LogP contribution is 2.48. The van der Waals surface area contributed by atoms with Crippen molar-refractivity contribution in [2.24, 2.45) is 0 Å². The summed E-state index contributed by atoms with van der Waals surface area (Å²) in [5, 5.41) is 20.0. The van der Waals surface area contributed by atoms with Crippen LogP contribution in [0.2, 0.25) is 5.02 Å². The van der Waals surface area contributed by atoms with E-state index in [0.29, 0.717) is 53.5 Å². The third-order valence-electron chi connectivity index (χ3n) is 4.61. The van der Waals surface area contributed by atoms with Crippen LogP contribution in [0.25, 0.3) is 5.57 Å². The molecule has 0 radical (unpaired) electrons. The number of hydrogen-bond donors (Lipinski definition) is 4. The molecule has 28 heavy (non-hydrogen) atoms. The van der Waals surface area contributed by atoms with E-state index in [2.05, 4.69) is 25.9 Å². The number of nitrogens with zero attached hydrogens (tertiary/aromatic N) is 2. The van der Waals surface area contributed by atoms with Gasteiger partial charge < -0.3 is 30.5 Å². The van der Waals surface area contributed by atoms with Gasteiger partial charge >= 0.3 is 0 Å². The Morgan fingerprint density at radius 1 is 1.29 bits per heavy atom. The molecule has 3 heterocycles. The number of anilines is 3. The average molecular weight is 404 g/mol. The highest BCUT2D eigenvalue weighted by molar-refractivity contribution is 6.35. The molecule has 0 fully saturated rings. The van der Waals surface area contributed by atoms with Gasteiger partial charge in [-0.05, 0) is 12.5 Å². The number of benzene rings is 1. The Morgan fingerprint density at radius 2 is 2.14 bits per heavy atom. The molecule has 0 saturated heterocycles. The van der Waals surface area contributed by atoms with Crippen molar-refractivity contribution in [2.45, 2.75) is 19.4 Å². The fourth-order valence-corrected chi connectivity index (χ4v) is 3.64. The summed E-state index contributed by atoms with van der Waals surface area (Å²) in [7, 11) is 1.80. The van der Waals surface area contributed by atoms with Gasteiger partial charge in [0.25, 0.3) is 0 Å². The van der Waals surface area contributed by atoms with Crippen LogP contribution in [0.1, 0.15) is 17.7 Å². The maximum atomic E-state index is 10.2. The molecular weight excluding hydrogens is 382 g/mol. The van der Waals surface area contributed by atoms with E-state index in [9.17, 15) is 5.11 Å². The molecular formula is C19H22ClN5O3. The number of β-amino-alcohol motifs (C(OH)–C–C–N with tert-alkyl or cyclic N) is 1. The topological polar surface area (TPSA) is 101 Å². The summed E-state index contributed by atoms with van der Waals surface area (Å²) in [5.74, 6) is 2.31. The summed E-state index contributed by atoms with van der Waals surface area (Å²) in [6.07, 6.45) is 1.99. The Balaban J connectivity index is 1.77. The SMILES string of the molecule is CNc1cc(C)nc(Nc2cc3c(c(C4=CCNC[C@@H](O)C4)c2Cl)OCO3)n1. The molecule has 0 aliphatic carbocycles. The van der Waals surface area contributed by atoms with E-state index < -0.39 is 6.10 Å². The molecule has 1 aromatic heterocycles. The van der Waals surface area contributed by atoms with E-state index in [1.54, 1.807) is 13.1 Å². The first-order chi connectivity index (χ1) is 13.5. The summed E-state index contributed by atoms with van der Waals surface area (Å²) in [4.78, 5) is 8.85. The molecule has 8 nitrogen and oxygen atoms in total. The molecule has 148 valence electrons. The molecule has 0 amide bonds. The molecule has 4 rings (SSSR count). The highest BCUT2D eigenvalue weighted by atomic mass is 35.5. The van der Waals surface area contributed by atoms with Crippen LogP contribution in [0.15, 0.2) is 18.2 Å². The van der Waals surface area contributed by atoms with Gasteiger partial charge in [-0.3, -0.25) is 0 Å². The van der Waals surface area contributed by atoms with E-state index in [1.165, 1.54) is 0 Å². The fraction of sp³-hybridized carbons (Fsp3) is 0.368. The van der Waals surface area contributed by atoms with Gasteiger partial charge in [0.2, 0.25) is 12.7 Å². The maximum Gasteiger partial charge on any atom is 0.231 e. The van der Waals surface area contributed by atoms with Crippen LogP contribution < -0.4 is 25.4 Å². The number of aryl methyl sites for hydroxylation is 1. The van der Waals surface area contributed by atoms with Crippen molar-refractivity contribution in [3.8, 4) is 11.5 Å². The second-order valence-electron chi connectivity index (χ2n) is 6.69. The van der Waals surface area contributed by atoms with E-state index in [-0.39, 0.29) is 6.79 Å². The lowest BCUT2D eigenvalue weighted by atomic mass is 9.98. The first-order valence-electron chi connectivity index (χ1n) is 9.06. The number of aliphatic hydroxyl groups excluding tert-OH is 1. The van der Waals surface area contributed by atoms with Gasteiger partial charge in [-0.25, -0.2) is 4.98 Å². The van der Waals surface area contributed by atoms with Crippen molar-refractivity contribution in [1.29, 1.82) is 0 Å². The quantitative estimate of drug-likeness (QED) is 0.618. The lowest BCUT2D eigenvalue weighted by molar-refractivity contribution is 0.173. The van der Waals surface area contributed by atoms with E-state index in [1.807, 2.05) is 19.1 Å². The molecule has 0 unspecified atom stereocenters. The summed E-state index contributed by atoms with van der Waals surface area (Å²) in [6.45, 7) is 3.19. The monoisotopic (exact) mass is 403 g/mol. The number of ether oxygens (including phenoxy) is 2. The van der Waals surface area contributed by atoms with Gasteiger partial charge in [-0.15, -0.1) is 0 Å². The highest BCUT2D eigenvalue weighted by Gasteiger charge is 2.27. The number of nitrogens with one attached hydrogen (secondary N) is 3. The van der Waals surface area contributed by atoms with Crippen molar-refractivity contribution in [3.63, 3.8) is 0 Å². The zero-order valence-corrected chi connectivity index (χ0v) is 16.4. The number of halogens is 1. The first kappa shape index (κ1) is 18.8. The average Bonchev–Trinajstić information content (AvgIpc) is 3.01. The Labute approximate surface area is 167 Å². The number of fused-ring (bicyclic) bond motifs is 1. The minimum absolute atomic E-state index is 0.126. The van der Waals surface area contributed by atoms with Crippen LogP contribution in [0, 0.1) is 6.92 Å². The Morgan fingerprint density at radius 3 is 2.96 bits per heavy atom. The predicted molar refractivity (Wildman–Crippen MR) is 109 cm³/mol. The molecule has 1 atom stereocenters. The third-order valence-corrected chi connectivity index (χ3v) is 5.00. The molecule has 0 bridgehead atoms. The minimum atomic E-state index is -0.502. The van der Waals surface area contributed by atoms with Crippen LogP contribution >= 0.6 is 11.6 Å². The number of hydrogen-bond acceptors (Lipinski definition) is 8. The van der Waals surface area contributed by atoms with Crippen molar-refractivity contribution in [2.75, 3.05) is 37.6 Å².